The third kappa shape index (κ3) is 4.74. The van der Waals surface area contributed by atoms with Crippen LogP contribution in [-0.4, -0.2) is 5.71 Å². The highest BCUT2D eigenvalue weighted by Crippen LogP contribution is 2.38. The molecular formula is C30H21F3N2. The fourth-order valence-electron chi connectivity index (χ4n) is 4.59. The number of aliphatic imine (C=N–C) groups is 1. The quantitative estimate of drug-likeness (QED) is 0.246. The number of halogens is 3. The highest BCUT2D eigenvalue weighted by atomic mass is 19.4. The number of fused-ring (bicyclic) bond motifs is 3. The fourth-order valence-corrected chi connectivity index (χ4v) is 4.59. The summed E-state index contributed by atoms with van der Waals surface area (Å²) in [5.74, 6) is 0. The molecule has 0 saturated heterocycles. The van der Waals surface area contributed by atoms with Crippen molar-refractivity contribution in [1.82, 2.24) is 0 Å². The molecule has 1 atom stereocenters. The summed E-state index contributed by atoms with van der Waals surface area (Å²) in [5, 5.41) is 9.84. The monoisotopic (exact) mass is 466 g/mol. The van der Waals surface area contributed by atoms with Crippen molar-refractivity contribution >= 4 is 5.71 Å². The van der Waals surface area contributed by atoms with E-state index in [-0.39, 0.29) is 11.8 Å². The lowest BCUT2D eigenvalue weighted by atomic mass is 9.95. The zero-order valence-corrected chi connectivity index (χ0v) is 18.8. The Labute approximate surface area is 202 Å². The minimum Gasteiger partial charge on any atom is -0.265 e. The van der Waals surface area contributed by atoms with Gasteiger partial charge in [-0.3, -0.25) is 4.99 Å². The molecule has 4 aromatic carbocycles. The summed E-state index contributed by atoms with van der Waals surface area (Å²) in [6.45, 7) is 0. The van der Waals surface area contributed by atoms with Crippen LogP contribution in [0, 0.1) is 11.3 Å². The normalized spacial score (nSPS) is 13.6. The van der Waals surface area contributed by atoms with E-state index >= 15 is 0 Å². The van der Waals surface area contributed by atoms with Gasteiger partial charge in [0.15, 0.2) is 0 Å². The van der Waals surface area contributed by atoms with Crippen LogP contribution >= 0.6 is 0 Å². The van der Waals surface area contributed by atoms with Gasteiger partial charge in [0.05, 0.1) is 11.6 Å². The molecule has 35 heavy (non-hydrogen) atoms. The topological polar surface area (TPSA) is 36.1 Å². The number of alkyl halides is 3. The van der Waals surface area contributed by atoms with Crippen LogP contribution in [0.25, 0.3) is 11.1 Å². The van der Waals surface area contributed by atoms with Gasteiger partial charge in [-0.15, -0.1) is 0 Å². The van der Waals surface area contributed by atoms with Gasteiger partial charge in [-0.2, -0.15) is 18.4 Å². The smallest absolute Gasteiger partial charge is 0.265 e. The Balaban J connectivity index is 1.53. The average Bonchev–Trinajstić information content (AvgIpc) is 3.24. The van der Waals surface area contributed by atoms with Crippen molar-refractivity contribution in [3.05, 3.63) is 130 Å². The van der Waals surface area contributed by atoms with E-state index in [0.29, 0.717) is 12.0 Å². The van der Waals surface area contributed by atoms with E-state index in [0.717, 1.165) is 29.7 Å². The van der Waals surface area contributed by atoms with Crippen molar-refractivity contribution in [1.29, 1.82) is 5.26 Å². The first kappa shape index (κ1) is 22.6. The summed E-state index contributed by atoms with van der Waals surface area (Å²) in [6, 6.07) is 30.8. The molecule has 0 heterocycles. The second kappa shape index (κ2) is 9.23. The lowest BCUT2D eigenvalue weighted by molar-refractivity contribution is -0.137. The Bertz CT molecular complexity index is 1430. The molecule has 2 nitrogen and oxygen atoms in total. The molecule has 1 aliphatic rings. The predicted octanol–water partition coefficient (Wildman–Crippen LogP) is 7.57. The Kier molecular flexibility index (Phi) is 5.96. The highest BCUT2D eigenvalue weighted by Gasteiger charge is 2.30. The summed E-state index contributed by atoms with van der Waals surface area (Å²) in [7, 11) is 0. The van der Waals surface area contributed by atoms with Crippen LogP contribution in [0.15, 0.2) is 102 Å². The molecule has 5 heteroatoms. The molecule has 0 saturated carbocycles. The van der Waals surface area contributed by atoms with E-state index in [1.165, 1.54) is 34.4 Å². The lowest BCUT2D eigenvalue weighted by Gasteiger charge is -2.16. The number of benzene rings is 4. The molecule has 0 amide bonds. The Morgan fingerprint density at radius 1 is 0.829 bits per heavy atom. The van der Waals surface area contributed by atoms with Crippen LogP contribution in [0.4, 0.5) is 13.2 Å². The Morgan fingerprint density at radius 2 is 1.51 bits per heavy atom. The van der Waals surface area contributed by atoms with Crippen LogP contribution in [0.1, 0.15) is 39.4 Å². The predicted molar refractivity (Wildman–Crippen MR) is 131 cm³/mol. The second-order valence-corrected chi connectivity index (χ2v) is 8.62. The van der Waals surface area contributed by atoms with Gasteiger partial charge >= 0.3 is 6.18 Å². The Morgan fingerprint density at radius 3 is 2.23 bits per heavy atom. The van der Waals surface area contributed by atoms with E-state index in [4.69, 9.17) is 4.99 Å². The first-order valence-electron chi connectivity index (χ1n) is 11.3. The number of hydrogen-bond acceptors (Lipinski definition) is 2. The largest absolute Gasteiger partial charge is 0.416 e. The van der Waals surface area contributed by atoms with E-state index < -0.39 is 11.7 Å². The third-order valence-electron chi connectivity index (χ3n) is 6.35. The van der Waals surface area contributed by atoms with Crippen LogP contribution in [0.3, 0.4) is 0 Å². The van der Waals surface area contributed by atoms with Gasteiger partial charge in [0.1, 0.15) is 11.8 Å². The van der Waals surface area contributed by atoms with Crippen molar-refractivity contribution in [3.8, 4) is 17.2 Å². The van der Waals surface area contributed by atoms with Gasteiger partial charge in [-0.05, 0) is 58.4 Å². The van der Waals surface area contributed by atoms with E-state index in [2.05, 4.69) is 30.3 Å². The summed E-state index contributed by atoms with van der Waals surface area (Å²) < 4.78 is 39.0. The molecule has 0 fully saturated rings. The van der Waals surface area contributed by atoms with E-state index in [1.807, 2.05) is 48.5 Å². The van der Waals surface area contributed by atoms with Gasteiger partial charge in [0, 0.05) is 5.56 Å². The second-order valence-electron chi connectivity index (χ2n) is 8.62. The minimum absolute atomic E-state index is 0.114. The molecule has 0 aromatic heterocycles. The maximum absolute atomic E-state index is 13.0. The summed E-state index contributed by atoms with van der Waals surface area (Å²) in [6.07, 6.45) is -3.02. The average molecular weight is 467 g/mol. The maximum Gasteiger partial charge on any atom is 0.416 e. The molecule has 1 aliphatic carbocycles. The molecule has 0 spiro atoms. The van der Waals surface area contributed by atoms with Crippen molar-refractivity contribution in [2.75, 3.05) is 0 Å². The molecule has 4 aromatic rings. The standard InChI is InChI=1S/C30H21F3N2/c31-30(32,33)25-13-10-21(11-14-25)29(19-34)35-28(16-20-6-2-1-3-7-20)23-12-15-27-24(18-23)17-22-8-4-5-9-26(22)27/h1-15,18,28H,16-17H2/b35-29+/t28-/m1/s1. The van der Waals surface area contributed by atoms with Gasteiger partial charge in [0.25, 0.3) is 0 Å². The fraction of sp³-hybridized carbons (Fsp3) is 0.133. The number of hydrogen-bond donors (Lipinski definition) is 0. The molecule has 0 N–H and O–H groups in total. The zero-order valence-electron chi connectivity index (χ0n) is 18.8. The molecule has 5 rings (SSSR count). The molecule has 0 radical (unpaired) electrons. The van der Waals surface area contributed by atoms with Crippen LogP contribution in [0.5, 0.6) is 0 Å². The van der Waals surface area contributed by atoms with Crippen LogP contribution in [-0.2, 0) is 19.0 Å². The summed E-state index contributed by atoms with van der Waals surface area (Å²) in [5.41, 5.74) is 6.70. The number of rotatable bonds is 5. The molecule has 172 valence electrons. The Hall–Kier alpha value is -4.17. The lowest BCUT2D eigenvalue weighted by Crippen LogP contribution is -2.08. The van der Waals surface area contributed by atoms with Gasteiger partial charge in [-0.1, -0.05) is 84.9 Å². The van der Waals surface area contributed by atoms with Crippen LogP contribution < -0.4 is 0 Å². The van der Waals surface area contributed by atoms with Crippen molar-refractivity contribution in [2.45, 2.75) is 25.1 Å². The summed E-state index contributed by atoms with van der Waals surface area (Å²) >= 11 is 0. The van der Waals surface area contributed by atoms with Gasteiger partial charge in [-0.25, -0.2) is 0 Å². The van der Waals surface area contributed by atoms with Crippen molar-refractivity contribution in [3.63, 3.8) is 0 Å². The molecule has 0 unspecified atom stereocenters. The molecular weight excluding hydrogens is 445 g/mol. The first-order chi connectivity index (χ1) is 16.9. The highest BCUT2D eigenvalue weighted by molar-refractivity contribution is 6.11. The molecule has 0 bridgehead atoms. The van der Waals surface area contributed by atoms with Gasteiger partial charge in [0.2, 0.25) is 0 Å². The first-order valence-corrected chi connectivity index (χ1v) is 11.3. The molecule has 0 aliphatic heterocycles. The maximum atomic E-state index is 13.0. The van der Waals surface area contributed by atoms with E-state index in [9.17, 15) is 18.4 Å². The van der Waals surface area contributed by atoms with Crippen LogP contribution in [0.2, 0.25) is 0 Å². The third-order valence-corrected chi connectivity index (χ3v) is 6.35. The number of nitrogens with zero attached hydrogens (tertiary/aromatic N) is 2. The van der Waals surface area contributed by atoms with Crippen molar-refractivity contribution in [2.24, 2.45) is 4.99 Å². The van der Waals surface area contributed by atoms with E-state index in [1.54, 1.807) is 0 Å². The summed E-state index contributed by atoms with van der Waals surface area (Å²) in [4.78, 5) is 4.77. The minimum atomic E-state index is -4.43. The zero-order chi connectivity index (χ0) is 24.4. The van der Waals surface area contributed by atoms with Gasteiger partial charge < -0.3 is 0 Å². The SMILES string of the molecule is N#C/C(=N\[C@H](Cc1ccccc1)c1ccc2c(c1)Cc1ccccc1-2)c1ccc(C(F)(F)F)cc1. The number of nitriles is 1. The van der Waals surface area contributed by atoms with Crippen molar-refractivity contribution < 1.29 is 13.2 Å².